The smallest absolute Gasteiger partial charge is 0.131 e. The molecule has 0 spiro atoms. The fourth-order valence-electron chi connectivity index (χ4n) is 2.11. The summed E-state index contributed by atoms with van der Waals surface area (Å²) in [4.78, 5) is 0. The number of para-hydroxylation sites is 1. The van der Waals surface area contributed by atoms with Crippen molar-refractivity contribution >= 4 is 11.6 Å². The summed E-state index contributed by atoms with van der Waals surface area (Å²) in [5, 5.41) is 5.07. The first kappa shape index (κ1) is 14.9. The van der Waals surface area contributed by atoms with E-state index in [1.807, 2.05) is 45.2 Å². The lowest BCUT2D eigenvalue weighted by molar-refractivity contribution is 0.290. The van der Waals surface area contributed by atoms with Crippen LogP contribution >= 0.6 is 11.6 Å². The molecule has 108 valence electrons. The van der Waals surface area contributed by atoms with Crippen LogP contribution in [0.5, 0.6) is 5.75 Å². The van der Waals surface area contributed by atoms with Gasteiger partial charge in [0.25, 0.3) is 0 Å². The maximum atomic E-state index is 6.31. The third kappa shape index (κ3) is 2.97. The van der Waals surface area contributed by atoms with Gasteiger partial charge in [-0.15, -0.1) is 0 Å². The first-order valence-electron chi connectivity index (χ1n) is 6.72. The molecule has 1 heterocycles. The van der Waals surface area contributed by atoms with E-state index in [0.717, 1.165) is 29.1 Å². The molecule has 0 saturated heterocycles. The van der Waals surface area contributed by atoms with Crippen molar-refractivity contribution in [1.29, 1.82) is 0 Å². The van der Waals surface area contributed by atoms with Crippen molar-refractivity contribution in [1.82, 2.24) is 9.78 Å². The summed E-state index contributed by atoms with van der Waals surface area (Å²) < 4.78 is 7.65. The number of nitrogens with two attached hydrogens (primary N) is 1. The molecular formula is C15H20ClN3O. The molecule has 0 aliphatic carbocycles. The number of hydrogen-bond donors (Lipinski definition) is 1. The van der Waals surface area contributed by atoms with Gasteiger partial charge in [-0.3, -0.25) is 4.68 Å². The molecule has 0 saturated carbocycles. The van der Waals surface area contributed by atoms with E-state index in [4.69, 9.17) is 22.1 Å². The van der Waals surface area contributed by atoms with Crippen molar-refractivity contribution in [2.45, 2.75) is 32.9 Å². The molecule has 0 radical (unpaired) electrons. The number of aromatic nitrogens is 2. The van der Waals surface area contributed by atoms with E-state index < -0.39 is 0 Å². The zero-order valence-electron chi connectivity index (χ0n) is 12.1. The van der Waals surface area contributed by atoms with Gasteiger partial charge in [0.2, 0.25) is 0 Å². The van der Waals surface area contributed by atoms with Crippen molar-refractivity contribution in [2.75, 3.05) is 0 Å². The van der Waals surface area contributed by atoms with Gasteiger partial charge in [0, 0.05) is 18.7 Å². The Hall–Kier alpha value is -1.52. The van der Waals surface area contributed by atoms with Crippen LogP contribution in [0.4, 0.5) is 0 Å². The van der Waals surface area contributed by atoms with E-state index in [1.54, 1.807) is 4.68 Å². The molecule has 1 aromatic heterocycles. The van der Waals surface area contributed by atoms with Crippen LogP contribution in [-0.4, -0.2) is 9.78 Å². The van der Waals surface area contributed by atoms with E-state index in [2.05, 4.69) is 5.10 Å². The monoisotopic (exact) mass is 293 g/mol. The average Bonchev–Trinajstić information content (AvgIpc) is 2.71. The topological polar surface area (TPSA) is 53.1 Å². The molecular weight excluding hydrogens is 274 g/mol. The van der Waals surface area contributed by atoms with Crippen LogP contribution in [0.3, 0.4) is 0 Å². The molecule has 4 nitrogen and oxygen atoms in total. The van der Waals surface area contributed by atoms with E-state index in [1.165, 1.54) is 0 Å². The normalized spacial score (nSPS) is 12.4. The Morgan fingerprint density at radius 1 is 1.40 bits per heavy atom. The maximum Gasteiger partial charge on any atom is 0.131 e. The predicted molar refractivity (Wildman–Crippen MR) is 81.0 cm³/mol. The van der Waals surface area contributed by atoms with Crippen molar-refractivity contribution < 1.29 is 4.74 Å². The molecule has 0 aliphatic rings. The highest BCUT2D eigenvalue weighted by molar-refractivity contribution is 6.31. The van der Waals surface area contributed by atoms with Gasteiger partial charge in [0.1, 0.15) is 12.4 Å². The quantitative estimate of drug-likeness (QED) is 0.921. The Balaban J connectivity index is 2.19. The molecule has 1 aromatic carbocycles. The summed E-state index contributed by atoms with van der Waals surface area (Å²) in [6, 6.07) is 7.72. The van der Waals surface area contributed by atoms with Crippen LogP contribution in [-0.2, 0) is 20.1 Å². The van der Waals surface area contributed by atoms with Crippen molar-refractivity contribution in [3.8, 4) is 5.75 Å². The zero-order chi connectivity index (χ0) is 14.7. The van der Waals surface area contributed by atoms with Gasteiger partial charge in [0.15, 0.2) is 0 Å². The number of rotatable bonds is 5. The molecule has 1 unspecified atom stereocenters. The van der Waals surface area contributed by atoms with E-state index >= 15 is 0 Å². The SMILES string of the molecule is CCc1nn(C)c(COc2ccccc2C(C)N)c1Cl. The third-order valence-electron chi connectivity index (χ3n) is 3.28. The molecule has 0 aliphatic heterocycles. The number of hydrogen-bond acceptors (Lipinski definition) is 3. The molecule has 1 atom stereocenters. The Morgan fingerprint density at radius 2 is 2.10 bits per heavy atom. The second kappa shape index (κ2) is 6.29. The molecule has 2 rings (SSSR count). The Labute approximate surface area is 124 Å². The van der Waals surface area contributed by atoms with Gasteiger partial charge >= 0.3 is 0 Å². The van der Waals surface area contributed by atoms with Gasteiger partial charge in [-0.05, 0) is 19.4 Å². The minimum atomic E-state index is -0.0700. The first-order chi connectivity index (χ1) is 9.54. The van der Waals surface area contributed by atoms with Crippen LogP contribution < -0.4 is 10.5 Å². The first-order valence-corrected chi connectivity index (χ1v) is 7.10. The van der Waals surface area contributed by atoms with Crippen LogP contribution in [0.1, 0.15) is 36.8 Å². The highest BCUT2D eigenvalue weighted by Crippen LogP contribution is 2.26. The van der Waals surface area contributed by atoms with Crippen molar-refractivity contribution in [2.24, 2.45) is 12.8 Å². The third-order valence-corrected chi connectivity index (χ3v) is 3.71. The maximum absolute atomic E-state index is 6.31. The molecule has 0 fully saturated rings. The predicted octanol–water partition coefficient (Wildman–Crippen LogP) is 3.23. The standard InChI is InChI=1S/C15H20ClN3O/c1-4-12-15(16)13(19(3)18-12)9-20-14-8-6-5-7-11(14)10(2)17/h5-8,10H,4,9,17H2,1-3H3. The number of nitrogens with zero attached hydrogens (tertiary/aromatic N) is 2. The number of ether oxygens (including phenoxy) is 1. The van der Waals surface area contributed by atoms with Crippen LogP contribution in [0.25, 0.3) is 0 Å². The fraction of sp³-hybridized carbons (Fsp3) is 0.400. The number of aryl methyl sites for hydroxylation is 2. The van der Waals surface area contributed by atoms with Crippen molar-refractivity contribution in [3.05, 3.63) is 46.2 Å². The number of benzene rings is 1. The fourth-order valence-corrected chi connectivity index (χ4v) is 2.46. The average molecular weight is 294 g/mol. The minimum Gasteiger partial charge on any atom is -0.487 e. The van der Waals surface area contributed by atoms with Gasteiger partial charge < -0.3 is 10.5 Å². The van der Waals surface area contributed by atoms with Gasteiger partial charge in [0.05, 0.1) is 16.4 Å². The molecule has 2 aromatic rings. The van der Waals surface area contributed by atoms with Crippen molar-refractivity contribution in [3.63, 3.8) is 0 Å². The molecule has 20 heavy (non-hydrogen) atoms. The summed E-state index contributed by atoms with van der Waals surface area (Å²) in [6.45, 7) is 4.35. The highest BCUT2D eigenvalue weighted by Gasteiger charge is 2.14. The lowest BCUT2D eigenvalue weighted by Crippen LogP contribution is -2.09. The Morgan fingerprint density at radius 3 is 2.70 bits per heavy atom. The lowest BCUT2D eigenvalue weighted by atomic mass is 10.1. The molecule has 2 N–H and O–H groups in total. The van der Waals surface area contributed by atoms with Gasteiger partial charge in [-0.2, -0.15) is 5.10 Å². The lowest BCUT2D eigenvalue weighted by Gasteiger charge is -2.14. The summed E-state index contributed by atoms with van der Waals surface area (Å²) in [5.41, 5.74) is 8.71. The van der Waals surface area contributed by atoms with Gasteiger partial charge in [-0.1, -0.05) is 36.7 Å². The van der Waals surface area contributed by atoms with E-state index in [-0.39, 0.29) is 6.04 Å². The Bertz CT molecular complexity index is 593. The highest BCUT2D eigenvalue weighted by atomic mass is 35.5. The summed E-state index contributed by atoms with van der Waals surface area (Å²) >= 11 is 6.31. The second-order valence-electron chi connectivity index (χ2n) is 4.80. The molecule has 0 amide bonds. The molecule has 0 bridgehead atoms. The zero-order valence-corrected chi connectivity index (χ0v) is 12.8. The Kier molecular flexibility index (Phi) is 4.68. The van der Waals surface area contributed by atoms with E-state index in [9.17, 15) is 0 Å². The summed E-state index contributed by atoms with van der Waals surface area (Å²) in [7, 11) is 1.88. The van der Waals surface area contributed by atoms with Crippen LogP contribution in [0.2, 0.25) is 5.02 Å². The summed E-state index contributed by atoms with van der Waals surface area (Å²) in [6.07, 6.45) is 0.809. The minimum absolute atomic E-state index is 0.0700. The van der Waals surface area contributed by atoms with E-state index in [0.29, 0.717) is 11.6 Å². The summed E-state index contributed by atoms with van der Waals surface area (Å²) in [5.74, 6) is 0.790. The number of halogens is 1. The van der Waals surface area contributed by atoms with Crippen LogP contribution in [0, 0.1) is 0 Å². The van der Waals surface area contributed by atoms with Crippen LogP contribution in [0.15, 0.2) is 24.3 Å². The second-order valence-corrected chi connectivity index (χ2v) is 5.18. The largest absolute Gasteiger partial charge is 0.487 e. The molecule has 5 heteroatoms. The van der Waals surface area contributed by atoms with Gasteiger partial charge in [-0.25, -0.2) is 0 Å².